The number of hydrogen-bond acceptors (Lipinski definition) is 5. The van der Waals surface area contributed by atoms with Crippen LogP contribution < -0.4 is 13.8 Å². The van der Waals surface area contributed by atoms with Gasteiger partial charge in [0.25, 0.3) is 15.9 Å². The van der Waals surface area contributed by atoms with E-state index in [0.717, 1.165) is 21.0 Å². The minimum absolute atomic E-state index is 0.0251. The third kappa shape index (κ3) is 5.29. The molecule has 3 aromatic carbocycles. The van der Waals surface area contributed by atoms with Gasteiger partial charge < -0.3 is 9.47 Å². The van der Waals surface area contributed by atoms with Crippen molar-refractivity contribution >= 4 is 21.6 Å². The Morgan fingerprint density at radius 3 is 2.09 bits per heavy atom. The van der Waals surface area contributed by atoms with E-state index in [-0.39, 0.29) is 10.6 Å². The highest BCUT2D eigenvalue weighted by molar-refractivity contribution is 7.93. The van der Waals surface area contributed by atoms with E-state index in [9.17, 15) is 13.2 Å². The summed E-state index contributed by atoms with van der Waals surface area (Å²) in [4.78, 5) is 13.2. The maximum atomic E-state index is 13.4. The molecule has 0 aliphatic rings. The fourth-order valence-corrected chi connectivity index (χ4v) is 4.55. The number of ether oxygens (including phenoxy) is 2. The molecule has 0 aromatic heterocycles. The average Bonchev–Trinajstić information content (AvgIpc) is 2.76. The van der Waals surface area contributed by atoms with Crippen LogP contribution in [0.15, 0.2) is 71.6 Å². The second-order valence-corrected chi connectivity index (χ2v) is 9.25. The molecule has 3 rings (SSSR count). The van der Waals surface area contributed by atoms with Gasteiger partial charge in [0.1, 0.15) is 11.5 Å². The highest BCUT2D eigenvalue weighted by Gasteiger charge is 2.31. The van der Waals surface area contributed by atoms with E-state index in [4.69, 9.17) is 9.47 Å². The number of nitrogens with zero attached hydrogens (tertiary/aromatic N) is 1. The van der Waals surface area contributed by atoms with E-state index in [1.165, 1.54) is 12.1 Å². The van der Waals surface area contributed by atoms with Crippen molar-refractivity contribution in [1.82, 2.24) is 0 Å². The molecule has 32 heavy (non-hydrogen) atoms. The topological polar surface area (TPSA) is 72.9 Å². The first-order valence-corrected chi connectivity index (χ1v) is 11.7. The van der Waals surface area contributed by atoms with Gasteiger partial charge in [-0.15, -0.1) is 0 Å². The van der Waals surface area contributed by atoms with Gasteiger partial charge in [0, 0.05) is 0 Å². The molecule has 0 saturated carbocycles. The Kier molecular flexibility index (Phi) is 7.20. The maximum Gasteiger partial charge on any atom is 0.278 e. The monoisotopic (exact) mass is 453 g/mol. The molecule has 0 aliphatic heterocycles. The standard InChI is InChI=1S/C25H27NO5S/c1-5-30-22-12-10-21(11-13-22)26(32(28,29)23-14-7-18(2)8-15-23)25(27)17-31-24-16-19(3)6-9-20(24)4/h6-16H,5,17H2,1-4H3. The molecule has 1 amide bonds. The van der Waals surface area contributed by atoms with Crippen molar-refractivity contribution in [3.8, 4) is 11.5 Å². The van der Waals surface area contributed by atoms with Crippen LogP contribution >= 0.6 is 0 Å². The number of benzene rings is 3. The zero-order valence-electron chi connectivity index (χ0n) is 18.7. The SMILES string of the molecule is CCOc1ccc(N(C(=O)COc2cc(C)ccc2C)S(=O)(=O)c2ccc(C)cc2)cc1. The Bertz CT molecular complexity index is 1190. The van der Waals surface area contributed by atoms with Crippen LogP contribution in [0.1, 0.15) is 23.6 Å². The number of sulfonamides is 1. The number of anilines is 1. The number of carbonyl (C=O) groups is 1. The Hall–Kier alpha value is -3.32. The van der Waals surface area contributed by atoms with Crippen molar-refractivity contribution in [1.29, 1.82) is 0 Å². The van der Waals surface area contributed by atoms with Gasteiger partial charge in [-0.3, -0.25) is 4.79 Å². The summed E-state index contributed by atoms with van der Waals surface area (Å²) in [6.07, 6.45) is 0. The van der Waals surface area contributed by atoms with Crippen LogP contribution in [0.5, 0.6) is 11.5 Å². The molecule has 0 fully saturated rings. The normalized spacial score (nSPS) is 11.1. The first-order chi connectivity index (χ1) is 15.2. The van der Waals surface area contributed by atoms with Crippen molar-refractivity contribution in [2.45, 2.75) is 32.6 Å². The van der Waals surface area contributed by atoms with Crippen LogP contribution in [0.2, 0.25) is 0 Å². The molecule has 0 radical (unpaired) electrons. The summed E-state index contributed by atoms with van der Waals surface area (Å²) in [6.45, 7) is 7.56. The molecule has 0 bridgehead atoms. The summed E-state index contributed by atoms with van der Waals surface area (Å²) in [5.74, 6) is 0.427. The molecular weight excluding hydrogens is 426 g/mol. The van der Waals surface area contributed by atoms with Gasteiger partial charge in [0.2, 0.25) is 0 Å². The number of carbonyl (C=O) groups excluding carboxylic acids is 1. The molecule has 0 heterocycles. The lowest BCUT2D eigenvalue weighted by Gasteiger charge is -2.23. The summed E-state index contributed by atoms with van der Waals surface area (Å²) in [5.41, 5.74) is 2.97. The minimum atomic E-state index is -4.15. The predicted molar refractivity (Wildman–Crippen MR) is 125 cm³/mol. The molecule has 7 heteroatoms. The molecule has 0 atom stereocenters. The van der Waals surface area contributed by atoms with Crippen LogP contribution in [-0.4, -0.2) is 27.5 Å². The second kappa shape index (κ2) is 9.87. The van der Waals surface area contributed by atoms with E-state index < -0.39 is 22.5 Å². The van der Waals surface area contributed by atoms with E-state index in [2.05, 4.69) is 0 Å². The van der Waals surface area contributed by atoms with Gasteiger partial charge in [0.15, 0.2) is 6.61 Å². The lowest BCUT2D eigenvalue weighted by molar-refractivity contribution is -0.119. The second-order valence-electron chi connectivity index (χ2n) is 7.46. The van der Waals surface area contributed by atoms with Gasteiger partial charge in [-0.05, 0) is 81.3 Å². The summed E-state index contributed by atoms with van der Waals surface area (Å²) in [5, 5.41) is 0. The first-order valence-electron chi connectivity index (χ1n) is 10.3. The summed E-state index contributed by atoms with van der Waals surface area (Å²) >= 11 is 0. The molecule has 0 aliphatic carbocycles. The molecular formula is C25H27NO5S. The molecule has 168 valence electrons. The smallest absolute Gasteiger partial charge is 0.278 e. The molecule has 0 N–H and O–H groups in total. The number of amides is 1. The third-order valence-corrected chi connectivity index (χ3v) is 6.63. The average molecular weight is 454 g/mol. The Morgan fingerprint density at radius 1 is 0.844 bits per heavy atom. The minimum Gasteiger partial charge on any atom is -0.494 e. The van der Waals surface area contributed by atoms with Gasteiger partial charge in [-0.25, -0.2) is 8.42 Å². The Labute approximate surface area is 189 Å². The van der Waals surface area contributed by atoms with Crippen molar-refractivity contribution in [3.05, 3.63) is 83.4 Å². The lowest BCUT2D eigenvalue weighted by Crippen LogP contribution is -2.40. The highest BCUT2D eigenvalue weighted by Crippen LogP contribution is 2.27. The van der Waals surface area contributed by atoms with Crippen LogP contribution in [0.3, 0.4) is 0 Å². The summed E-state index contributed by atoms with van der Waals surface area (Å²) < 4.78 is 38.8. The van der Waals surface area contributed by atoms with Gasteiger partial charge >= 0.3 is 0 Å². The first kappa shape index (κ1) is 23.3. The van der Waals surface area contributed by atoms with Crippen molar-refractivity contribution < 1.29 is 22.7 Å². The van der Waals surface area contributed by atoms with E-state index in [1.54, 1.807) is 36.4 Å². The lowest BCUT2D eigenvalue weighted by atomic mass is 10.1. The number of aryl methyl sites for hydroxylation is 3. The van der Waals surface area contributed by atoms with E-state index in [0.29, 0.717) is 18.1 Å². The summed E-state index contributed by atoms with van der Waals surface area (Å²) in [6, 6.07) is 18.4. The van der Waals surface area contributed by atoms with E-state index >= 15 is 0 Å². The number of rotatable bonds is 8. The fraction of sp³-hybridized carbons (Fsp3) is 0.240. The fourth-order valence-electron chi connectivity index (χ4n) is 3.14. The van der Waals surface area contributed by atoms with Crippen LogP contribution in [-0.2, 0) is 14.8 Å². The molecule has 0 spiro atoms. The zero-order valence-corrected chi connectivity index (χ0v) is 19.5. The van der Waals surface area contributed by atoms with Crippen LogP contribution in [0, 0.1) is 20.8 Å². The zero-order chi connectivity index (χ0) is 23.3. The highest BCUT2D eigenvalue weighted by atomic mass is 32.2. The predicted octanol–water partition coefficient (Wildman–Crippen LogP) is 4.81. The maximum absolute atomic E-state index is 13.4. The van der Waals surface area contributed by atoms with Gasteiger partial charge in [-0.1, -0.05) is 29.8 Å². The van der Waals surface area contributed by atoms with Crippen molar-refractivity contribution in [2.24, 2.45) is 0 Å². The quantitative estimate of drug-likeness (QED) is 0.489. The number of hydrogen-bond donors (Lipinski definition) is 0. The largest absolute Gasteiger partial charge is 0.494 e. The third-order valence-electron chi connectivity index (χ3n) is 4.86. The van der Waals surface area contributed by atoms with E-state index in [1.807, 2.05) is 45.9 Å². The molecule has 0 unspecified atom stereocenters. The molecule has 6 nitrogen and oxygen atoms in total. The van der Waals surface area contributed by atoms with Crippen LogP contribution in [0.25, 0.3) is 0 Å². The van der Waals surface area contributed by atoms with Crippen molar-refractivity contribution in [2.75, 3.05) is 17.5 Å². The van der Waals surface area contributed by atoms with Crippen LogP contribution in [0.4, 0.5) is 5.69 Å². The van der Waals surface area contributed by atoms with Crippen molar-refractivity contribution in [3.63, 3.8) is 0 Å². The summed E-state index contributed by atoms with van der Waals surface area (Å²) in [7, 11) is -4.15. The molecule has 0 saturated heterocycles. The van der Waals surface area contributed by atoms with Gasteiger partial charge in [-0.2, -0.15) is 4.31 Å². The molecule has 3 aromatic rings. The Morgan fingerprint density at radius 2 is 1.47 bits per heavy atom. The van der Waals surface area contributed by atoms with Gasteiger partial charge in [0.05, 0.1) is 17.2 Å². The Balaban J connectivity index is 1.96.